The number of aryl methyl sites for hydroxylation is 1. The van der Waals surface area contributed by atoms with Crippen LogP contribution in [0.2, 0.25) is 0 Å². The lowest BCUT2D eigenvalue weighted by molar-refractivity contribution is 0.617. The Morgan fingerprint density at radius 2 is 1.77 bits per heavy atom. The fourth-order valence-corrected chi connectivity index (χ4v) is 2.65. The van der Waals surface area contributed by atoms with Crippen LogP contribution in [0.3, 0.4) is 0 Å². The number of rotatable bonds is 5. The molecule has 0 saturated heterocycles. The van der Waals surface area contributed by atoms with Crippen molar-refractivity contribution in [2.45, 2.75) is 39.8 Å². The third-order valence-corrected chi connectivity index (χ3v) is 4.06. The quantitative estimate of drug-likeness (QED) is 0.733. The van der Waals surface area contributed by atoms with Gasteiger partial charge in [0.05, 0.1) is 17.4 Å². The summed E-state index contributed by atoms with van der Waals surface area (Å²) in [5, 5.41) is 3.48. The molecule has 0 aliphatic rings. The van der Waals surface area contributed by atoms with Gasteiger partial charge in [-0.2, -0.15) is 0 Å². The van der Waals surface area contributed by atoms with Crippen LogP contribution in [0.25, 0.3) is 11.0 Å². The molecular formula is C19H23N3. The smallest absolute Gasteiger partial charge is 0.0960 e. The van der Waals surface area contributed by atoms with Crippen molar-refractivity contribution in [3.8, 4) is 0 Å². The molecule has 0 spiro atoms. The molecule has 0 aliphatic carbocycles. The van der Waals surface area contributed by atoms with Crippen molar-refractivity contribution in [3.63, 3.8) is 0 Å². The minimum absolute atomic E-state index is 0.431. The van der Waals surface area contributed by atoms with Gasteiger partial charge in [-0.3, -0.25) is 0 Å². The number of imidazole rings is 1. The lowest BCUT2D eigenvalue weighted by atomic mass is 10.1. The molecule has 3 nitrogen and oxygen atoms in total. The molecule has 3 rings (SSSR count). The van der Waals surface area contributed by atoms with Crippen LogP contribution in [0.5, 0.6) is 0 Å². The van der Waals surface area contributed by atoms with E-state index in [0.29, 0.717) is 6.04 Å². The highest BCUT2D eigenvalue weighted by atomic mass is 15.1. The Balaban J connectivity index is 1.73. The summed E-state index contributed by atoms with van der Waals surface area (Å²) in [5.41, 5.74) is 6.02. The summed E-state index contributed by atoms with van der Waals surface area (Å²) in [5.74, 6) is 0. The molecule has 0 unspecified atom stereocenters. The van der Waals surface area contributed by atoms with E-state index in [2.05, 4.69) is 78.1 Å². The van der Waals surface area contributed by atoms with E-state index < -0.39 is 0 Å². The van der Waals surface area contributed by atoms with Crippen LogP contribution >= 0.6 is 0 Å². The summed E-state index contributed by atoms with van der Waals surface area (Å²) in [6.07, 6.45) is 3.01. The molecule has 1 aromatic heterocycles. The summed E-state index contributed by atoms with van der Waals surface area (Å²) in [6, 6.07) is 15.6. The number of aromatic nitrogens is 2. The summed E-state index contributed by atoms with van der Waals surface area (Å²) in [6.45, 7) is 7.36. The summed E-state index contributed by atoms with van der Waals surface area (Å²) < 4.78 is 2.20. The molecule has 0 fully saturated rings. The van der Waals surface area contributed by atoms with Gasteiger partial charge >= 0.3 is 0 Å². The topological polar surface area (TPSA) is 29.9 Å². The Kier molecular flexibility index (Phi) is 4.14. The second kappa shape index (κ2) is 6.22. The van der Waals surface area contributed by atoms with E-state index in [1.165, 1.54) is 16.6 Å². The van der Waals surface area contributed by atoms with Crippen LogP contribution in [0.1, 0.15) is 37.9 Å². The Hall–Kier alpha value is -2.29. The molecule has 3 heteroatoms. The fourth-order valence-electron chi connectivity index (χ4n) is 2.65. The van der Waals surface area contributed by atoms with Gasteiger partial charge in [0.15, 0.2) is 0 Å². The SMILES string of the molecule is CCc1ccc(CNc2ccc3c(c2)ncn3C(C)C)cc1. The predicted molar refractivity (Wildman–Crippen MR) is 93.3 cm³/mol. The maximum atomic E-state index is 4.50. The standard InChI is InChI=1S/C19H23N3/c1-4-15-5-7-16(8-6-15)12-20-17-9-10-19-18(11-17)21-13-22(19)14(2)3/h5-11,13-14,20H,4,12H2,1-3H3. The van der Waals surface area contributed by atoms with Gasteiger partial charge in [-0.05, 0) is 49.6 Å². The van der Waals surface area contributed by atoms with Crippen molar-refractivity contribution in [1.29, 1.82) is 0 Å². The van der Waals surface area contributed by atoms with Crippen molar-refractivity contribution < 1.29 is 0 Å². The average molecular weight is 293 g/mol. The van der Waals surface area contributed by atoms with Crippen molar-refractivity contribution in [2.24, 2.45) is 0 Å². The Morgan fingerprint density at radius 1 is 1.05 bits per heavy atom. The summed E-state index contributed by atoms with van der Waals surface area (Å²) in [7, 11) is 0. The minimum atomic E-state index is 0.431. The zero-order valence-electron chi connectivity index (χ0n) is 13.5. The predicted octanol–water partition coefficient (Wildman–Crippen LogP) is 4.79. The molecule has 0 aliphatic heterocycles. The highest BCUT2D eigenvalue weighted by Crippen LogP contribution is 2.21. The maximum Gasteiger partial charge on any atom is 0.0960 e. The molecule has 0 saturated carbocycles. The van der Waals surface area contributed by atoms with Crippen LogP contribution in [0.15, 0.2) is 48.8 Å². The van der Waals surface area contributed by atoms with Gasteiger partial charge in [0.1, 0.15) is 0 Å². The van der Waals surface area contributed by atoms with E-state index in [0.717, 1.165) is 24.2 Å². The molecule has 3 aromatic rings. The molecular weight excluding hydrogens is 270 g/mol. The number of fused-ring (bicyclic) bond motifs is 1. The molecule has 2 aromatic carbocycles. The first kappa shape index (κ1) is 14.6. The highest BCUT2D eigenvalue weighted by molar-refractivity contribution is 5.79. The molecule has 0 radical (unpaired) electrons. The summed E-state index contributed by atoms with van der Waals surface area (Å²) in [4.78, 5) is 4.50. The Labute approximate surface area is 132 Å². The van der Waals surface area contributed by atoms with Gasteiger partial charge in [0, 0.05) is 18.3 Å². The summed E-state index contributed by atoms with van der Waals surface area (Å²) >= 11 is 0. The van der Waals surface area contributed by atoms with Gasteiger partial charge in [0.2, 0.25) is 0 Å². The Bertz CT molecular complexity index is 754. The molecule has 0 amide bonds. The third-order valence-electron chi connectivity index (χ3n) is 4.06. The lowest BCUT2D eigenvalue weighted by Gasteiger charge is -2.10. The van der Waals surface area contributed by atoms with Crippen molar-refractivity contribution in [3.05, 3.63) is 59.9 Å². The van der Waals surface area contributed by atoms with Crippen LogP contribution in [0, 0.1) is 0 Å². The maximum absolute atomic E-state index is 4.50. The molecule has 114 valence electrons. The first-order chi connectivity index (χ1) is 10.7. The second-order valence-corrected chi connectivity index (χ2v) is 5.97. The Morgan fingerprint density at radius 3 is 2.45 bits per heavy atom. The molecule has 0 bridgehead atoms. The number of hydrogen-bond donors (Lipinski definition) is 1. The molecule has 22 heavy (non-hydrogen) atoms. The zero-order chi connectivity index (χ0) is 15.5. The zero-order valence-corrected chi connectivity index (χ0v) is 13.5. The monoisotopic (exact) mass is 293 g/mol. The number of hydrogen-bond acceptors (Lipinski definition) is 2. The van der Waals surface area contributed by atoms with E-state index in [9.17, 15) is 0 Å². The average Bonchev–Trinajstić information content (AvgIpc) is 2.96. The van der Waals surface area contributed by atoms with Gasteiger partial charge in [-0.1, -0.05) is 31.2 Å². The third kappa shape index (κ3) is 2.98. The molecule has 1 N–H and O–H groups in total. The van der Waals surface area contributed by atoms with Gasteiger partial charge < -0.3 is 9.88 Å². The van der Waals surface area contributed by atoms with Crippen molar-refractivity contribution in [1.82, 2.24) is 9.55 Å². The lowest BCUT2D eigenvalue weighted by Crippen LogP contribution is -2.00. The van der Waals surface area contributed by atoms with E-state index >= 15 is 0 Å². The molecule has 1 heterocycles. The number of anilines is 1. The van der Waals surface area contributed by atoms with Crippen LogP contribution in [-0.4, -0.2) is 9.55 Å². The number of nitrogens with zero attached hydrogens (tertiary/aromatic N) is 2. The first-order valence-electron chi connectivity index (χ1n) is 7.95. The van der Waals surface area contributed by atoms with Crippen LogP contribution in [0.4, 0.5) is 5.69 Å². The molecule has 0 atom stereocenters. The second-order valence-electron chi connectivity index (χ2n) is 5.97. The minimum Gasteiger partial charge on any atom is -0.381 e. The normalized spacial score (nSPS) is 11.3. The highest BCUT2D eigenvalue weighted by Gasteiger charge is 2.06. The number of nitrogens with one attached hydrogen (secondary N) is 1. The van der Waals surface area contributed by atoms with Gasteiger partial charge in [0.25, 0.3) is 0 Å². The van der Waals surface area contributed by atoms with Crippen LogP contribution < -0.4 is 5.32 Å². The largest absolute Gasteiger partial charge is 0.381 e. The van der Waals surface area contributed by atoms with E-state index in [1.807, 2.05) is 6.33 Å². The van der Waals surface area contributed by atoms with Crippen molar-refractivity contribution in [2.75, 3.05) is 5.32 Å². The first-order valence-corrected chi connectivity index (χ1v) is 7.95. The van der Waals surface area contributed by atoms with E-state index in [-0.39, 0.29) is 0 Å². The fraction of sp³-hybridized carbons (Fsp3) is 0.316. The van der Waals surface area contributed by atoms with Crippen molar-refractivity contribution >= 4 is 16.7 Å². The van der Waals surface area contributed by atoms with Crippen LogP contribution in [-0.2, 0) is 13.0 Å². The number of benzene rings is 2. The van der Waals surface area contributed by atoms with Gasteiger partial charge in [-0.25, -0.2) is 4.98 Å². The van der Waals surface area contributed by atoms with Gasteiger partial charge in [-0.15, -0.1) is 0 Å². The van der Waals surface area contributed by atoms with E-state index in [1.54, 1.807) is 0 Å². The van der Waals surface area contributed by atoms with E-state index in [4.69, 9.17) is 0 Å².